The van der Waals surface area contributed by atoms with Crippen molar-refractivity contribution in [3.05, 3.63) is 5.69 Å². The molecule has 2 aliphatic heterocycles. The molecule has 7 heteroatoms. The Morgan fingerprint density at radius 3 is 2.95 bits per heavy atom. The highest BCUT2D eigenvalue weighted by Crippen LogP contribution is 2.25. The Kier molecular flexibility index (Phi) is 3.14. The maximum Gasteiger partial charge on any atom is 0.280 e. The summed E-state index contributed by atoms with van der Waals surface area (Å²) < 4.78 is 4.52. The maximum absolute atomic E-state index is 12.4. The van der Waals surface area contributed by atoms with E-state index < -0.39 is 0 Å². The summed E-state index contributed by atoms with van der Waals surface area (Å²) in [4.78, 5) is 16.8. The third kappa shape index (κ3) is 2.18. The fourth-order valence-corrected chi connectivity index (χ4v) is 3.11. The van der Waals surface area contributed by atoms with Crippen molar-refractivity contribution >= 4 is 11.7 Å². The molecule has 7 nitrogen and oxygen atoms in total. The highest BCUT2D eigenvalue weighted by atomic mass is 16.6. The molecular weight excluding hydrogens is 246 g/mol. The average Bonchev–Trinajstić information content (AvgIpc) is 2.83. The zero-order valence-electron chi connectivity index (χ0n) is 11.1. The second-order valence-corrected chi connectivity index (χ2v) is 5.45. The van der Waals surface area contributed by atoms with Crippen molar-refractivity contribution in [2.75, 3.05) is 25.4 Å². The van der Waals surface area contributed by atoms with Crippen molar-refractivity contribution < 1.29 is 9.42 Å². The molecule has 0 spiro atoms. The molecule has 0 bridgehead atoms. The number of anilines is 1. The normalized spacial score (nSPS) is 28.2. The van der Waals surface area contributed by atoms with Gasteiger partial charge in [0, 0.05) is 25.2 Å². The SMILES string of the molecule is CC1CN2CCCCC2CN1C(=O)c1nonc1N. The minimum atomic E-state index is -0.170. The molecule has 3 heterocycles. The molecular formula is C12H19N5O2. The standard InChI is InChI=1S/C12H19N5O2/c1-8-6-16-5-3-2-4-9(16)7-17(8)12(18)10-11(13)15-19-14-10/h8-9H,2-7H2,1H3,(H2,13,15). The molecule has 0 saturated carbocycles. The predicted octanol–water partition coefficient (Wildman–Crippen LogP) is 0.351. The number of nitrogens with zero attached hydrogens (tertiary/aromatic N) is 4. The fourth-order valence-electron chi connectivity index (χ4n) is 3.11. The molecule has 0 radical (unpaired) electrons. The summed E-state index contributed by atoms with van der Waals surface area (Å²) in [6.45, 7) is 4.87. The Morgan fingerprint density at radius 1 is 1.37 bits per heavy atom. The van der Waals surface area contributed by atoms with Crippen LogP contribution in [0.5, 0.6) is 0 Å². The molecule has 2 unspecified atom stereocenters. The van der Waals surface area contributed by atoms with Crippen LogP contribution in [0.4, 0.5) is 5.82 Å². The van der Waals surface area contributed by atoms with Gasteiger partial charge in [0.05, 0.1) is 0 Å². The Bertz CT molecular complexity index is 474. The van der Waals surface area contributed by atoms with Gasteiger partial charge < -0.3 is 10.6 Å². The lowest BCUT2D eigenvalue weighted by molar-refractivity contribution is 0.0146. The van der Waals surface area contributed by atoms with Gasteiger partial charge in [0.1, 0.15) is 0 Å². The predicted molar refractivity (Wildman–Crippen MR) is 68.4 cm³/mol. The monoisotopic (exact) mass is 265 g/mol. The fraction of sp³-hybridized carbons (Fsp3) is 0.750. The van der Waals surface area contributed by atoms with Gasteiger partial charge in [0.15, 0.2) is 0 Å². The summed E-state index contributed by atoms with van der Waals surface area (Å²) in [5, 5.41) is 7.09. The summed E-state index contributed by atoms with van der Waals surface area (Å²) in [6.07, 6.45) is 3.66. The van der Waals surface area contributed by atoms with E-state index in [1.807, 2.05) is 4.90 Å². The third-order valence-corrected chi connectivity index (χ3v) is 4.16. The van der Waals surface area contributed by atoms with Crippen molar-refractivity contribution in [1.29, 1.82) is 0 Å². The second kappa shape index (κ2) is 4.80. The van der Waals surface area contributed by atoms with E-state index in [9.17, 15) is 4.79 Å². The Morgan fingerprint density at radius 2 is 2.21 bits per heavy atom. The van der Waals surface area contributed by atoms with Crippen LogP contribution in [0.15, 0.2) is 4.63 Å². The van der Waals surface area contributed by atoms with Gasteiger partial charge in [-0.25, -0.2) is 4.63 Å². The van der Waals surface area contributed by atoms with Crippen molar-refractivity contribution in [1.82, 2.24) is 20.1 Å². The van der Waals surface area contributed by atoms with Gasteiger partial charge in [0.2, 0.25) is 11.5 Å². The number of carbonyl (C=O) groups excluding carboxylic acids is 1. The van der Waals surface area contributed by atoms with Crippen LogP contribution in [-0.4, -0.2) is 57.7 Å². The van der Waals surface area contributed by atoms with Crippen molar-refractivity contribution in [2.45, 2.75) is 38.3 Å². The number of aromatic nitrogens is 2. The topological polar surface area (TPSA) is 88.5 Å². The zero-order valence-corrected chi connectivity index (χ0v) is 11.1. The van der Waals surface area contributed by atoms with Crippen LogP contribution in [0.1, 0.15) is 36.7 Å². The van der Waals surface area contributed by atoms with Gasteiger partial charge in [-0.15, -0.1) is 0 Å². The quantitative estimate of drug-likeness (QED) is 0.788. The van der Waals surface area contributed by atoms with Gasteiger partial charge in [-0.3, -0.25) is 9.69 Å². The van der Waals surface area contributed by atoms with E-state index in [0.29, 0.717) is 6.04 Å². The lowest BCUT2D eigenvalue weighted by Crippen LogP contribution is -2.60. The van der Waals surface area contributed by atoms with Crippen LogP contribution in [0.25, 0.3) is 0 Å². The number of carbonyl (C=O) groups is 1. The first-order chi connectivity index (χ1) is 9.16. The number of hydrogen-bond donors (Lipinski definition) is 1. The van der Waals surface area contributed by atoms with E-state index >= 15 is 0 Å². The van der Waals surface area contributed by atoms with Gasteiger partial charge in [-0.1, -0.05) is 6.42 Å². The van der Waals surface area contributed by atoms with Crippen LogP contribution < -0.4 is 5.73 Å². The van der Waals surface area contributed by atoms with E-state index in [1.54, 1.807) is 0 Å². The van der Waals surface area contributed by atoms with E-state index in [1.165, 1.54) is 12.8 Å². The van der Waals surface area contributed by atoms with Gasteiger partial charge in [-0.05, 0) is 36.6 Å². The van der Waals surface area contributed by atoms with Gasteiger partial charge in [-0.2, -0.15) is 0 Å². The lowest BCUT2D eigenvalue weighted by Gasteiger charge is -2.47. The van der Waals surface area contributed by atoms with Crippen LogP contribution in [-0.2, 0) is 0 Å². The third-order valence-electron chi connectivity index (χ3n) is 4.16. The van der Waals surface area contributed by atoms with Crippen molar-refractivity contribution in [3.63, 3.8) is 0 Å². The molecule has 19 heavy (non-hydrogen) atoms. The summed E-state index contributed by atoms with van der Waals surface area (Å²) >= 11 is 0. The van der Waals surface area contributed by atoms with E-state index in [2.05, 4.69) is 26.8 Å². The number of rotatable bonds is 1. The highest BCUT2D eigenvalue weighted by Gasteiger charge is 2.37. The van der Waals surface area contributed by atoms with Crippen LogP contribution >= 0.6 is 0 Å². The zero-order chi connectivity index (χ0) is 13.4. The number of piperazine rings is 1. The molecule has 0 aromatic carbocycles. The van der Waals surface area contributed by atoms with Gasteiger partial charge in [0.25, 0.3) is 5.91 Å². The molecule has 2 aliphatic rings. The smallest absolute Gasteiger partial charge is 0.280 e. The molecule has 1 amide bonds. The first kappa shape index (κ1) is 12.4. The summed E-state index contributed by atoms with van der Waals surface area (Å²) in [7, 11) is 0. The average molecular weight is 265 g/mol. The minimum Gasteiger partial charge on any atom is -0.379 e. The molecule has 2 atom stereocenters. The number of piperidine rings is 1. The number of hydrogen-bond acceptors (Lipinski definition) is 6. The molecule has 2 saturated heterocycles. The Balaban J connectivity index is 1.77. The molecule has 104 valence electrons. The molecule has 1 aromatic heterocycles. The molecule has 1 aromatic rings. The molecule has 2 fully saturated rings. The molecule has 3 rings (SSSR count). The maximum atomic E-state index is 12.4. The van der Waals surface area contributed by atoms with Crippen LogP contribution in [0.3, 0.4) is 0 Å². The van der Waals surface area contributed by atoms with Crippen LogP contribution in [0.2, 0.25) is 0 Å². The second-order valence-electron chi connectivity index (χ2n) is 5.45. The molecule has 0 aliphatic carbocycles. The lowest BCUT2D eigenvalue weighted by atomic mass is 9.97. The number of nitrogen functional groups attached to an aromatic ring is 1. The summed E-state index contributed by atoms with van der Waals surface area (Å²) in [5.74, 6) is -0.0975. The first-order valence-corrected chi connectivity index (χ1v) is 6.80. The first-order valence-electron chi connectivity index (χ1n) is 6.80. The number of amides is 1. The van der Waals surface area contributed by atoms with E-state index in [-0.39, 0.29) is 23.5 Å². The minimum absolute atomic E-state index is 0.0725. The molecule has 2 N–H and O–H groups in total. The van der Waals surface area contributed by atoms with E-state index in [0.717, 1.165) is 26.1 Å². The van der Waals surface area contributed by atoms with Crippen molar-refractivity contribution in [3.8, 4) is 0 Å². The summed E-state index contributed by atoms with van der Waals surface area (Å²) in [6, 6.07) is 0.632. The number of fused-ring (bicyclic) bond motifs is 1. The largest absolute Gasteiger partial charge is 0.379 e. The van der Waals surface area contributed by atoms with E-state index in [4.69, 9.17) is 5.73 Å². The van der Waals surface area contributed by atoms with Gasteiger partial charge >= 0.3 is 0 Å². The van der Waals surface area contributed by atoms with Crippen LogP contribution in [0, 0.1) is 0 Å². The summed E-state index contributed by atoms with van der Waals surface area (Å²) in [5.41, 5.74) is 5.74. The number of nitrogens with two attached hydrogens (primary N) is 1. The Labute approximate surface area is 111 Å². The highest BCUT2D eigenvalue weighted by molar-refractivity contribution is 5.96. The Hall–Kier alpha value is -1.63. The van der Waals surface area contributed by atoms with Crippen molar-refractivity contribution in [2.24, 2.45) is 0 Å².